The molecule has 1 aliphatic heterocycles. The minimum atomic E-state index is -3.97. The molecule has 5 rings (SSSR count). The fourth-order valence-corrected chi connectivity index (χ4v) is 6.06. The maximum absolute atomic E-state index is 13.1. The van der Waals surface area contributed by atoms with Gasteiger partial charge in [-0.1, -0.05) is 83.4 Å². The molecule has 3 atom stereocenters. The molecule has 5 nitrogen and oxygen atoms in total. The minimum absolute atomic E-state index is 0.123. The summed E-state index contributed by atoms with van der Waals surface area (Å²) >= 11 is 12.0. The Morgan fingerprint density at radius 1 is 0.780 bits per heavy atom. The molecule has 0 radical (unpaired) electrons. The number of rotatable bonds is 8. The second-order valence-electron chi connectivity index (χ2n) is 9.99. The van der Waals surface area contributed by atoms with Crippen molar-refractivity contribution in [3.05, 3.63) is 141 Å². The van der Waals surface area contributed by atoms with E-state index in [0.717, 1.165) is 22.3 Å². The highest BCUT2D eigenvalue weighted by Gasteiger charge is 2.35. The molecule has 0 aromatic heterocycles. The van der Waals surface area contributed by atoms with E-state index in [9.17, 15) is 13.2 Å². The number of aryl methyl sites for hydroxylation is 1. The molecule has 8 heteroatoms. The zero-order valence-electron chi connectivity index (χ0n) is 22.2. The Bertz CT molecular complexity index is 1630. The first-order chi connectivity index (χ1) is 19.7. The molecular weight excluding hydrogens is 579 g/mol. The number of carbonyl (C=O) groups excluding carboxylic acids is 1. The Hall–Kier alpha value is -3.26. The summed E-state index contributed by atoms with van der Waals surface area (Å²) in [7, 11) is -3.97. The third-order valence-electron chi connectivity index (χ3n) is 6.96. The molecule has 0 amide bonds. The molecule has 1 fully saturated rings. The minimum Gasteiger partial charge on any atom is -0.365 e. The molecular formula is C33H28Cl2O5S. The predicted molar refractivity (Wildman–Crippen MR) is 162 cm³/mol. The normalized spacial score (nSPS) is 19.3. The zero-order chi connectivity index (χ0) is 29.0. The van der Waals surface area contributed by atoms with Crippen LogP contribution in [0.3, 0.4) is 0 Å². The Kier molecular flexibility index (Phi) is 9.07. The van der Waals surface area contributed by atoms with Crippen LogP contribution in [0.1, 0.15) is 57.7 Å². The van der Waals surface area contributed by atoms with Gasteiger partial charge in [0.05, 0.1) is 23.2 Å². The van der Waals surface area contributed by atoms with Gasteiger partial charge in [0.25, 0.3) is 10.1 Å². The van der Waals surface area contributed by atoms with Crippen molar-refractivity contribution in [2.45, 2.75) is 43.0 Å². The lowest BCUT2D eigenvalue weighted by Gasteiger charge is -2.35. The number of benzene rings is 4. The average molecular weight is 608 g/mol. The third kappa shape index (κ3) is 7.53. The number of hydrogen-bond donors (Lipinski definition) is 0. The fourth-order valence-electron chi connectivity index (χ4n) is 4.71. The van der Waals surface area contributed by atoms with Crippen LogP contribution in [0.5, 0.6) is 0 Å². The second-order valence-corrected chi connectivity index (χ2v) is 12.4. The van der Waals surface area contributed by atoms with E-state index in [-0.39, 0.29) is 16.8 Å². The van der Waals surface area contributed by atoms with Crippen molar-refractivity contribution in [3.63, 3.8) is 0 Å². The summed E-state index contributed by atoms with van der Waals surface area (Å²) in [4.78, 5) is 12.6. The number of ketones is 1. The van der Waals surface area contributed by atoms with Crippen LogP contribution in [-0.4, -0.2) is 20.3 Å². The Morgan fingerprint density at radius 2 is 1.29 bits per heavy atom. The first-order valence-electron chi connectivity index (χ1n) is 13.1. The van der Waals surface area contributed by atoms with Crippen molar-refractivity contribution >= 4 is 45.2 Å². The smallest absolute Gasteiger partial charge is 0.297 e. The summed E-state index contributed by atoms with van der Waals surface area (Å²) < 4.78 is 38.5. The molecule has 0 unspecified atom stereocenters. The van der Waals surface area contributed by atoms with Gasteiger partial charge in [-0.2, -0.15) is 8.42 Å². The topological polar surface area (TPSA) is 69.7 Å². The summed E-state index contributed by atoms with van der Waals surface area (Å²) in [6.07, 6.45) is 2.61. The number of carbonyl (C=O) groups is 1. The van der Waals surface area contributed by atoms with Crippen molar-refractivity contribution in [1.29, 1.82) is 0 Å². The van der Waals surface area contributed by atoms with Crippen LogP contribution in [0.25, 0.3) is 6.08 Å². The Labute approximate surface area is 250 Å². The van der Waals surface area contributed by atoms with E-state index in [4.69, 9.17) is 32.1 Å². The summed E-state index contributed by atoms with van der Waals surface area (Å²) in [5, 5.41) is 1.18. The second kappa shape index (κ2) is 12.7. The van der Waals surface area contributed by atoms with Gasteiger partial charge in [0.1, 0.15) is 0 Å². The van der Waals surface area contributed by atoms with Crippen LogP contribution in [0.2, 0.25) is 10.0 Å². The number of halogens is 2. The van der Waals surface area contributed by atoms with Crippen molar-refractivity contribution in [1.82, 2.24) is 0 Å². The highest BCUT2D eigenvalue weighted by Crippen LogP contribution is 2.41. The van der Waals surface area contributed by atoms with E-state index in [0.29, 0.717) is 28.5 Å². The maximum atomic E-state index is 13.1. The van der Waals surface area contributed by atoms with Gasteiger partial charge in [0.15, 0.2) is 5.78 Å². The van der Waals surface area contributed by atoms with Crippen LogP contribution in [0, 0.1) is 6.92 Å². The molecule has 1 aliphatic rings. The van der Waals surface area contributed by atoms with Crippen LogP contribution >= 0.6 is 23.2 Å². The SMILES string of the molecule is Cc1ccc(S(=O)(=O)O[C@H]2C[C@@H](c3ccc(/C=C/C(=O)c4ccc(Cl)cc4)cc3)O[C@@H](c3ccc(Cl)cc3)C2)cc1. The first kappa shape index (κ1) is 29.2. The summed E-state index contributed by atoms with van der Waals surface area (Å²) in [6, 6.07) is 28.3. The lowest BCUT2D eigenvalue weighted by atomic mass is 9.92. The standard InChI is InChI=1S/C33H28Cl2O5S/c1-22-2-17-30(18-3-22)41(37,38)40-29-20-32(39-33(21-29)26-11-15-28(35)16-12-26)25-7-4-23(5-8-25)6-19-31(36)24-9-13-27(34)14-10-24/h2-19,29,32-33H,20-21H2,1H3/b19-6+/t29-,32-,33+/m0/s1. The molecule has 210 valence electrons. The monoisotopic (exact) mass is 606 g/mol. The quantitative estimate of drug-likeness (QED) is 0.114. The molecule has 1 heterocycles. The highest BCUT2D eigenvalue weighted by atomic mass is 35.5. The van der Waals surface area contributed by atoms with Crippen molar-refractivity contribution < 1.29 is 22.1 Å². The molecule has 0 aliphatic carbocycles. The van der Waals surface area contributed by atoms with Gasteiger partial charge in [0.2, 0.25) is 0 Å². The van der Waals surface area contributed by atoms with E-state index >= 15 is 0 Å². The molecule has 41 heavy (non-hydrogen) atoms. The molecule has 4 aromatic carbocycles. The Balaban J connectivity index is 1.35. The summed E-state index contributed by atoms with van der Waals surface area (Å²) in [6.45, 7) is 1.90. The van der Waals surface area contributed by atoms with E-state index in [1.807, 2.05) is 43.3 Å². The van der Waals surface area contributed by atoms with Gasteiger partial charge in [-0.25, -0.2) is 0 Å². The number of ether oxygens (including phenoxy) is 1. The molecule has 4 aromatic rings. The van der Waals surface area contributed by atoms with Crippen molar-refractivity contribution in [2.75, 3.05) is 0 Å². The van der Waals surface area contributed by atoms with Crippen LogP contribution in [0.15, 0.2) is 108 Å². The largest absolute Gasteiger partial charge is 0.365 e. The molecule has 0 bridgehead atoms. The number of hydrogen-bond acceptors (Lipinski definition) is 5. The van der Waals surface area contributed by atoms with Gasteiger partial charge in [-0.05, 0) is 78.2 Å². The third-order valence-corrected chi connectivity index (χ3v) is 8.84. The number of allylic oxidation sites excluding steroid dienone is 1. The van der Waals surface area contributed by atoms with Gasteiger partial charge in [-0.3, -0.25) is 8.98 Å². The van der Waals surface area contributed by atoms with Crippen molar-refractivity contribution in [2.24, 2.45) is 0 Å². The van der Waals surface area contributed by atoms with Gasteiger partial charge in [0, 0.05) is 28.5 Å². The maximum Gasteiger partial charge on any atom is 0.297 e. The lowest BCUT2D eigenvalue weighted by molar-refractivity contribution is -0.0920. The first-order valence-corrected chi connectivity index (χ1v) is 15.3. The summed E-state index contributed by atoms with van der Waals surface area (Å²) in [5.41, 5.74) is 4.13. The van der Waals surface area contributed by atoms with Crippen molar-refractivity contribution in [3.8, 4) is 0 Å². The van der Waals surface area contributed by atoms with E-state index in [2.05, 4.69) is 0 Å². The molecule has 0 saturated carbocycles. The van der Waals surface area contributed by atoms with Gasteiger partial charge < -0.3 is 4.74 Å². The van der Waals surface area contributed by atoms with E-state index in [1.165, 1.54) is 6.08 Å². The zero-order valence-corrected chi connectivity index (χ0v) is 24.6. The molecule has 0 N–H and O–H groups in total. The van der Waals surface area contributed by atoms with Crippen LogP contribution in [-0.2, 0) is 19.0 Å². The molecule has 1 saturated heterocycles. The average Bonchev–Trinajstić information content (AvgIpc) is 2.97. The van der Waals surface area contributed by atoms with Gasteiger partial charge >= 0.3 is 0 Å². The highest BCUT2D eigenvalue weighted by molar-refractivity contribution is 7.86. The van der Waals surface area contributed by atoms with Crippen LogP contribution < -0.4 is 0 Å². The lowest BCUT2D eigenvalue weighted by Crippen LogP contribution is -2.30. The fraction of sp³-hybridized carbons (Fsp3) is 0.182. The van der Waals surface area contributed by atoms with Gasteiger partial charge in [-0.15, -0.1) is 0 Å². The van der Waals surface area contributed by atoms with E-state index in [1.54, 1.807) is 66.7 Å². The summed E-state index contributed by atoms with van der Waals surface area (Å²) in [5.74, 6) is -0.123. The molecule has 0 spiro atoms. The predicted octanol–water partition coefficient (Wildman–Crippen LogP) is 8.56. The Morgan fingerprint density at radius 3 is 1.85 bits per heavy atom. The van der Waals surface area contributed by atoms with E-state index < -0.39 is 22.3 Å². The van der Waals surface area contributed by atoms with Crippen LogP contribution in [0.4, 0.5) is 0 Å².